The lowest BCUT2D eigenvalue weighted by molar-refractivity contribution is 0.0877. The lowest BCUT2D eigenvalue weighted by atomic mass is 9.78. The first-order valence-corrected chi connectivity index (χ1v) is 44.7. The van der Waals surface area contributed by atoms with E-state index in [2.05, 4.69) is 277 Å². The fourth-order valence-electron chi connectivity index (χ4n) is 23.7. The van der Waals surface area contributed by atoms with Gasteiger partial charge in [0.15, 0.2) is 0 Å². The molecule has 0 spiro atoms. The minimum atomic E-state index is -0.258. The Morgan fingerprint density at radius 2 is 0.492 bits per heavy atom. The summed E-state index contributed by atoms with van der Waals surface area (Å²) in [5, 5.41) is 65.5. The molecule has 2 aliphatic rings. The largest absolute Gasteiger partial charge is 0.355 e. The van der Waals surface area contributed by atoms with Crippen molar-refractivity contribution in [3.05, 3.63) is 320 Å². The number of nitrogens with zero attached hydrogens (tertiary/aromatic N) is 4. The van der Waals surface area contributed by atoms with Crippen molar-refractivity contribution in [2.75, 3.05) is 20.4 Å². The molecule has 23 aromatic rings. The van der Waals surface area contributed by atoms with Crippen molar-refractivity contribution in [3.63, 3.8) is 0 Å². The Bertz CT molecular complexity index is 8780. The van der Waals surface area contributed by atoms with Crippen LogP contribution in [0.2, 0.25) is 0 Å². The molecule has 0 radical (unpaired) electrons. The van der Waals surface area contributed by atoms with E-state index in [0.29, 0.717) is 33.4 Å². The zero-order valence-corrected chi connectivity index (χ0v) is 73.7. The second kappa shape index (κ2) is 27.1. The summed E-state index contributed by atoms with van der Waals surface area (Å²) in [6.45, 7) is 29.9. The number of hydrogen-bond donors (Lipinski definition) is 2. The maximum atomic E-state index is 15.1. The predicted molar refractivity (Wildman–Crippen MR) is 535 cm³/mol. The molecule has 0 saturated carbocycles. The van der Waals surface area contributed by atoms with E-state index in [9.17, 15) is 10.5 Å². The summed E-state index contributed by atoms with van der Waals surface area (Å²) in [6.07, 6.45) is 0. The standard InChI is InChI=1S/C63H43N3O2.C55H43N3O2/c1-30(2)36-9-7-10-37(31(3)4)61(36)66-62(67)49-27-32(5)52-47-23-21-44-42-19-17-40-38-11-8-12-46-51(65-35-15-13-34(29-64)14-16-35)26-25-39(54(38)46)41-18-20-43(56(42)55(40)41)45-22-24-48(58(47)57(44)45)53-33(6)28-50(63(66)68)59(49)60(52)53;1-26(2)34-10-9-11-35(27(3)4)53(34)58-54(59)41-22-29(6)46-39-20-18-37-44-28(5)12-17-36-43(57-33-15-13-32(25-56)14-16-33)24-31(8)45(51(36)44)38-19-21-40(49(39)48(37)38)47-30(7)23-42(55(58)60)50(41)52(46)47/h7-28,30-31,65H,1-6H3;9-24,26-27,57H,1-8H3. The van der Waals surface area contributed by atoms with Crippen LogP contribution < -0.4 is 20.4 Å². The van der Waals surface area contributed by atoms with Gasteiger partial charge in [0.05, 0.1) is 34.6 Å². The quantitative estimate of drug-likeness (QED) is 0.0782. The van der Waals surface area contributed by atoms with Crippen molar-refractivity contribution >= 4 is 241 Å². The van der Waals surface area contributed by atoms with E-state index < -0.39 is 0 Å². The van der Waals surface area contributed by atoms with E-state index in [4.69, 9.17) is 0 Å². The maximum absolute atomic E-state index is 15.1. The maximum Gasteiger partial charge on any atom is 0.266 e. The SMILES string of the molecule is Cc1cc2c3c(cc(C)c4c5ccc6c7ccc8c9ccc(Nc%10ccc(C#N)cc%10)c%10cccc(c%11ccc(c%12ccc(c1c34)c5c%126)c7c%118)c%109)C(=O)N(c1c(C(C)C)cccc1C(C)C)C2=O.Cc1ccc2c(Nc3ccc(C#N)cc3)cc(C)c3c4ccc5c6c(C)cc7c8c(cc(C)c(c9ccc(c1c23)c4c95)c86)C(=O)N(c1c(C(C)C)cccc1C(C)C)C7=O. The van der Waals surface area contributed by atoms with Gasteiger partial charge in [0.25, 0.3) is 23.6 Å². The first-order chi connectivity index (χ1) is 61.9. The molecule has 0 aliphatic carbocycles. The Morgan fingerprint density at radius 3 is 0.836 bits per heavy atom. The lowest BCUT2D eigenvalue weighted by Crippen LogP contribution is -2.42. The number of rotatable bonds is 10. The molecule has 0 aromatic heterocycles. The second-order valence-electron chi connectivity index (χ2n) is 37.6. The number of benzene rings is 23. The summed E-state index contributed by atoms with van der Waals surface area (Å²) in [6, 6.07) is 85.7. The molecule has 2 N–H and O–H groups in total. The molecule has 0 fully saturated rings. The van der Waals surface area contributed by atoms with Gasteiger partial charge in [-0.15, -0.1) is 0 Å². The molecular weight excluding hydrogens is 1570 g/mol. The van der Waals surface area contributed by atoms with Gasteiger partial charge in [0.1, 0.15) is 0 Å². The van der Waals surface area contributed by atoms with E-state index in [-0.39, 0.29) is 47.3 Å². The number of aryl methyl sites for hydroxylation is 6. The van der Waals surface area contributed by atoms with E-state index >= 15 is 19.2 Å². The average Bonchev–Trinajstić information content (AvgIpc) is 0.666. The van der Waals surface area contributed by atoms with E-state index in [0.717, 1.165) is 154 Å². The van der Waals surface area contributed by atoms with Crippen molar-refractivity contribution in [3.8, 4) is 12.1 Å². The molecule has 10 heteroatoms. The fourth-order valence-corrected chi connectivity index (χ4v) is 23.7. The van der Waals surface area contributed by atoms with Crippen LogP contribution in [-0.2, 0) is 0 Å². The number of hydrogen-bond acceptors (Lipinski definition) is 8. The lowest BCUT2D eigenvalue weighted by Gasteiger charge is -2.33. The van der Waals surface area contributed by atoms with Crippen molar-refractivity contribution < 1.29 is 19.2 Å². The van der Waals surface area contributed by atoms with Gasteiger partial charge < -0.3 is 10.6 Å². The Labute approximate surface area is 738 Å². The summed E-state index contributed by atoms with van der Waals surface area (Å²) in [5.74, 6) is -0.544. The van der Waals surface area contributed by atoms with E-state index in [1.54, 1.807) is 0 Å². The van der Waals surface area contributed by atoms with Gasteiger partial charge in [0, 0.05) is 66.5 Å². The number of amides is 4. The second-order valence-corrected chi connectivity index (χ2v) is 37.6. The highest BCUT2D eigenvalue weighted by molar-refractivity contribution is 6.51. The number of nitrogens with one attached hydrogen (secondary N) is 2. The molecule has 23 aromatic carbocycles. The number of para-hydroxylation sites is 2. The summed E-state index contributed by atoms with van der Waals surface area (Å²) in [7, 11) is 0. The predicted octanol–water partition coefficient (Wildman–Crippen LogP) is 31.3. The van der Waals surface area contributed by atoms with Crippen LogP contribution in [0.25, 0.3) is 183 Å². The summed E-state index contributed by atoms with van der Waals surface area (Å²) in [5.41, 5.74) is 19.5. The number of carbonyl (C=O) groups excluding carboxylic acids is 4. The zero-order valence-electron chi connectivity index (χ0n) is 73.7. The van der Waals surface area contributed by atoms with Gasteiger partial charge in [-0.05, 0) is 367 Å². The molecular formula is C118H86N6O4. The molecule has 25 rings (SSSR count). The highest BCUT2D eigenvalue weighted by Crippen LogP contribution is 2.57. The van der Waals surface area contributed by atoms with Gasteiger partial charge in [0.2, 0.25) is 0 Å². The topological polar surface area (TPSA) is 146 Å². The van der Waals surface area contributed by atoms with E-state index in [1.165, 1.54) is 129 Å². The summed E-state index contributed by atoms with van der Waals surface area (Å²) in [4.78, 5) is 63.2. The van der Waals surface area contributed by atoms with Gasteiger partial charge >= 0.3 is 0 Å². The molecule has 0 bridgehead atoms. The minimum Gasteiger partial charge on any atom is -0.355 e. The van der Waals surface area contributed by atoms with Crippen LogP contribution in [0.3, 0.4) is 0 Å². The molecule has 0 atom stereocenters. The number of fused-ring (bicyclic) bond motifs is 10. The highest BCUT2D eigenvalue weighted by atomic mass is 16.2. The molecule has 0 unspecified atom stereocenters. The molecule has 10 nitrogen and oxygen atoms in total. The van der Waals surface area contributed by atoms with Crippen LogP contribution in [0.5, 0.6) is 0 Å². The summed E-state index contributed by atoms with van der Waals surface area (Å²) >= 11 is 0. The van der Waals surface area contributed by atoms with Gasteiger partial charge in [-0.3, -0.25) is 19.2 Å². The van der Waals surface area contributed by atoms with Gasteiger partial charge in [-0.25, -0.2) is 9.80 Å². The first-order valence-electron chi connectivity index (χ1n) is 44.7. The Morgan fingerprint density at radius 1 is 0.234 bits per heavy atom. The molecule has 612 valence electrons. The van der Waals surface area contributed by atoms with Crippen LogP contribution in [0.15, 0.2) is 231 Å². The zero-order chi connectivity index (χ0) is 87.8. The van der Waals surface area contributed by atoms with Crippen molar-refractivity contribution in [1.82, 2.24) is 0 Å². The van der Waals surface area contributed by atoms with Gasteiger partial charge in [-0.1, -0.05) is 201 Å². The molecule has 128 heavy (non-hydrogen) atoms. The van der Waals surface area contributed by atoms with Crippen LogP contribution in [-0.4, -0.2) is 23.6 Å². The average molecular weight is 1650 g/mol. The van der Waals surface area contributed by atoms with Crippen LogP contribution in [0, 0.1) is 64.2 Å². The molecule has 2 heterocycles. The van der Waals surface area contributed by atoms with Crippen molar-refractivity contribution in [2.24, 2.45) is 0 Å². The fraction of sp³-hybridized carbons (Fsp3) is 0.153. The Balaban J connectivity index is 0.000000144. The molecule has 4 amide bonds. The highest BCUT2D eigenvalue weighted by Gasteiger charge is 2.42. The van der Waals surface area contributed by atoms with Crippen LogP contribution in [0.4, 0.5) is 34.1 Å². The van der Waals surface area contributed by atoms with E-state index in [1.807, 2.05) is 72.8 Å². The number of nitriles is 2. The Hall–Kier alpha value is -15.4. The Kier molecular flexibility index (Phi) is 16.1. The first kappa shape index (κ1) is 76.3. The number of carbonyl (C=O) groups is 4. The van der Waals surface area contributed by atoms with Gasteiger partial charge in [-0.2, -0.15) is 10.5 Å². The number of imide groups is 2. The molecule has 0 saturated heterocycles. The van der Waals surface area contributed by atoms with Crippen LogP contribution >= 0.6 is 0 Å². The van der Waals surface area contributed by atoms with Crippen LogP contribution in [0.1, 0.15) is 187 Å². The summed E-state index contributed by atoms with van der Waals surface area (Å²) < 4.78 is 0. The minimum absolute atomic E-state index is 0.119. The smallest absolute Gasteiger partial charge is 0.266 e. The third-order valence-corrected chi connectivity index (χ3v) is 29.1. The third kappa shape index (κ3) is 10.1. The number of anilines is 6. The molecule has 2 aliphatic heterocycles. The van der Waals surface area contributed by atoms with Crippen molar-refractivity contribution in [2.45, 2.75) is 121 Å². The normalized spacial score (nSPS) is 13.4. The third-order valence-electron chi connectivity index (χ3n) is 29.1. The van der Waals surface area contributed by atoms with Crippen molar-refractivity contribution in [1.29, 1.82) is 10.5 Å². The monoisotopic (exact) mass is 1650 g/mol.